The highest BCUT2D eigenvalue weighted by Gasteiger charge is 2.43. The van der Waals surface area contributed by atoms with Gasteiger partial charge in [-0.25, -0.2) is 0 Å². The fourth-order valence-corrected chi connectivity index (χ4v) is 4.01. The van der Waals surface area contributed by atoms with Gasteiger partial charge in [-0.3, -0.25) is 14.6 Å². The number of hydrogen-bond acceptors (Lipinski definition) is 4. The molecule has 0 aliphatic carbocycles. The number of rotatable bonds is 3. The second-order valence-corrected chi connectivity index (χ2v) is 6.66. The van der Waals surface area contributed by atoms with Crippen LogP contribution < -0.4 is 0 Å². The topological polar surface area (TPSA) is 53.0 Å². The van der Waals surface area contributed by atoms with Gasteiger partial charge in [0.1, 0.15) is 5.41 Å². The highest BCUT2D eigenvalue weighted by atomic mass is 16.5. The number of piperidine rings is 1. The number of ether oxygens (including phenoxy) is 1. The van der Waals surface area contributed by atoms with Crippen LogP contribution >= 0.6 is 0 Å². The van der Waals surface area contributed by atoms with Crippen LogP contribution in [0, 0.1) is 5.41 Å². The van der Waals surface area contributed by atoms with E-state index in [0.717, 1.165) is 32.5 Å². The largest absolute Gasteiger partial charge is 0.481 e. The first-order chi connectivity index (χ1) is 9.70. The maximum Gasteiger partial charge on any atom is 0.313 e. The molecule has 0 aromatic rings. The lowest BCUT2D eigenvalue weighted by atomic mass is 9.81. The molecule has 0 amide bonds. The van der Waals surface area contributed by atoms with E-state index >= 15 is 0 Å². The summed E-state index contributed by atoms with van der Waals surface area (Å²) in [7, 11) is 0. The standard InChI is InChI=1S/C15H26N2O3/c18-14(19)15(5-3-9-20-12-15)11-16-7-8-17-6-2-1-4-13(17)10-16/h13H,1-12H2,(H,18,19). The fourth-order valence-electron chi connectivity index (χ4n) is 4.01. The SMILES string of the molecule is O=C(O)C1(CN2CCN3CCCCC3C2)CCCOC1. The lowest BCUT2D eigenvalue weighted by Crippen LogP contribution is -2.58. The maximum absolute atomic E-state index is 11.7. The van der Waals surface area contributed by atoms with Crippen LogP contribution in [-0.4, -0.2) is 72.9 Å². The van der Waals surface area contributed by atoms with Crippen molar-refractivity contribution in [1.29, 1.82) is 0 Å². The molecule has 3 saturated heterocycles. The molecule has 0 saturated carbocycles. The van der Waals surface area contributed by atoms with Crippen LogP contribution in [0.25, 0.3) is 0 Å². The van der Waals surface area contributed by atoms with Crippen molar-refractivity contribution in [3.8, 4) is 0 Å². The molecule has 0 aromatic heterocycles. The Morgan fingerprint density at radius 3 is 2.90 bits per heavy atom. The van der Waals surface area contributed by atoms with Gasteiger partial charge in [0.25, 0.3) is 0 Å². The molecule has 0 bridgehead atoms. The molecule has 5 heteroatoms. The molecule has 3 aliphatic rings. The van der Waals surface area contributed by atoms with Gasteiger partial charge < -0.3 is 9.84 Å². The Bertz CT molecular complexity index is 355. The van der Waals surface area contributed by atoms with E-state index in [-0.39, 0.29) is 0 Å². The summed E-state index contributed by atoms with van der Waals surface area (Å²) in [6, 6.07) is 0.646. The van der Waals surface area contributed by atoms with Crippen LogP contribution in [0.1, 0.15) is 32.1 Å². The highest BCUT2D eigenvalue weighted by Crippen LogP contribution is 2.31. The molecule has 3 fully saturated rings. The molecule has 114 valence electrons. The average Bonchev–Trinajstić information content (AvgIpc) is 2.48. The Balaban J connectivity index is 1.62. The first-order valence-corrected chi connectivity index (χ1v) is 7.97. The quantitative estimate of drug-likeness (QED) is 0.838. The Morgan fingerprint density at radius 2 is 2.15 bits per heavy atom. The molecule has 2 atom stereocenters. The molecule has 1 N–H and O–H groups in total. The Hall–Kier alpha value is -0.650. The third kappa shape index (κ3) is 2.85. The average molecular weight is 282 g/mol. The van der Waals surface area contributed by atoms with Crippen LogP contribution in [0.5, 0.6) is 0 Å². The Labute approximate surface area is 120 Å². The number of aliphatic carboxylic acids is 1. The van der Waals surface area contributed by atoms with E-state index < -0.39 is 11.4 Å². The summed E-state index contributed by atoms with van der Waals surface area (Å²) >= 11 is 0. The number of fused-ring (bicyclic) bond motifs is 1. The van der Waals surface area contributed by atoms with Gasteiger partial charge in [-0.1, -0.05) is 6.42 Å². The molecule has 3 heterocycles. The van der Waals surface area contributed by atoms with E-state index in [0.29, 0.717) is 25.8 Å². The molecule has 0 aromatic carbocycles. The van der Waals surface area contributed by atoms with Gasteiger partial charge in [0.2, 0.25) is 0 Å². The molecule has 5 nitrogen and oxygen atoms in total. The second-order valence-electron chi connectivity index (χ2n) is 6.66. The van der Waals surface area contributed by atoms with Gasteiger partial charge in [-0.05, 0) is 32.2 Å². The van der Waals surface area contributed by atoms with Crippen LogP contribution in [-0.2, 0) is 9.53 Å². The number of hydrogen-bond donors (Lipinski definition) is 1. The molecule has 3 aliphatic heterocycles. The molecule has 0 spiro atoms. The van der Waals surface area contributed by atoms with Crippen LogP contribution in [0.15, 0.2) is 0 Å². The molecule has 3 rings (SSSR count). The number of piperazine rings is 1. The van der Waals surface area contributed by atoms with Crippen molar-refractivity contribution in [3.05, 3.63) is 0 Å². The van der Waals surface area contributed by atoms with Gasteiger partial charge in [0.15, 0.2) is 0 Å². The van der Waals surface area contributed by atoms with E-state index in [1.165, 1.54) is 25.8 Å². The van der Waals surface area contributed by atoms with E-state index in [4.69, 9.17) is 4.74 Å². The van der Waals surface area contributed by atoms with E-state index in [1.54, 1.807) is 0 Å². The molecule has 20 heavy (non-hydrogen) atoms. The minimum absolute atomic E-state index is 0.382. The van der Waals surface area contributed by atoms with Gasteiger partial charge in [-0.15, -0.1) is 0 Å². The smallest absolute Gasteiger partial charge is 0.313 e. The Morgan fingerprint density at radius 1 is 1.25 bits per heavy atom. The molecular formula is C15H26N2O3. The third-order valence-corrected chi connectivity index (χ3v) is 5.22. The Kier molecular flexibility index (Phi) is 4.29. The van der Waals surface area contributed by atoms with Crippen molar-refractivity contribution < 1.29 is 14.6 Å². The zero-order valence-electron chi connectivity index (χ0n) is 12.2. The van der Waals surface area contributed by atoms with Crippen molar-refractivity contribution in [2.24, 2.45) is 5.41 Å². The third-order valence-electron chi connectivity index (χ3n) is 5.22. The maximum atomic E-state index is 11.7. The summed E-state index contributed by atoms with van der Waals surface area (Å²) in [5.74, 6) is -0.678. The van der Waals surface area contributed by atoms with Crippen LogP contribution in [0.4, 0.5) is 0 Å². The minimum Gasteiger partial charge on any atom is -0.481 e. The van der Waals surface area contributed by atoms with Crippen molar-refractivity contribution in [1.82, 2.24) is 9.80 Å². The summed E-state index contributed by atoms with van der Waals surface area (Å²) in [6.07, 6.45) is 5.54. The van der Waals surface area contributed by atoms with E-state index in [9.17, 15) is 9.90 Å². The molecule has 0 radical (unpaired) electrons. The van der Waals surface area contributed by atoms with Crippen molar-refractivity contribution in [3.63, 3.8) is 0 Å². The zero-order chi connectivity index (χ0) is 14.0. The molecular weight excluding hydrogens is 256 g/mol. The van der Waals surface area contributed by atoms with Gasteiger partial charge in [0.05, 0.1) is 6.61 Å². The number of carbonyl (C=O) groups is 1. The van der Waals surface area contributed by atoms with E-state index in [2.05, 4.69) is 9.80 Å². The predicted octanol–water partition coefficient (Wildman–Crippen LogP) is 1.04. The van der Waals surface area contributed by atoms with E-state index in [1.807, 2.05) is 0 Å². The summed E-state index contributed by atoms with van der Waals surface area (Å²) in [5, 5.41) is 9.63. The monoisotopic (exact) mass is 282 g/mol. The van der Waals surface area contributed by atoms with Crippen molar-refractivity contribution in [2.75, 3.05) is 45.9 Å². The van der Waals surface area contributed by atoms with Crippen LogP contribution in [0.2, 0.25) is 0 Å². The second kappa shape index (κ2) is 6.00. The fraction of sp³-hybridized carbons (Fsp3) is 0.933. The lowest BCUT2D eigenvalue weighted by molar-refractivity contribution is -0.160. The minimum atomic E-state index is -0.678. The first-order valence-electron chi connectivity index (χ1n) is 7.97. The number of carboxylic acids is 1. The summed E-state index contributed by atoms with van der Waals surface area (Å²) < 4.78 is 5.48. The van der Waals surface area contributed by atoms with Crippen molar-refractivity contribution >= 4 is 5.97 Å². The molecule has 2 unspecified atom stereocenters. The predicted molar refractivity (Wildman–Crippen MR) is 75.8 cm³/mol. The first kappa shape index (κ1) is 14.3. The summed E-state index contributed by atoms with van der Waals surface area (Å²) in [5.41, 5.74) is -0.672. The zero-order valence-corrected chi connectivity index (χ0v) is 12.2. The van der Waals surface area contributed by atoms with Crippen molar-refractivity contribution in [2.45, 2.75) is 38.1 Å². The van der Waals surface area contributed by atoms with Gasteiger partial charge in [-0.2, -0.15) is 0 Å². The lowest BCUT2D eigenvalue weighted by Gasteiger charge is -2.46. The van der Waals surface area contributed by atoms with Gasteiger partial charge >= 0.3 is 5.97 Å². The van der Waals surface area contributed by atoms with Crippen LogP contribution in [0.3, 0.4) is 0 Å². The number of carboxylic acid groups (broad SMARTS) is 1. The summed E-state index contributed by atoms with van der Waals surface area (Å²) in [4.78, 5) is 16.7. The normalized spacial score (nSPS) is 36.5. The summed E-state index contributed by atoms with van der Waals surface area (Å²) in [6.45, 7) is 6.12. The van der Waals surface area contributed by atoms with Gasteiger partial charge in [0, 0.05) is 38.8 Å². The number of nitrogens with zero attached hydrogens (tertiary/aromatic N) is 2. The highest BCUT2D eigenvalue weighted by molar-refractivity contribution is 5.75.